The Morgan fingerprint density at radius 3 is 0.965 bits per heavy atom. The quantitative estimate of drug-likeness (QED) is 0.0264. The first kappa shape index (κ1) is 82.2. The number of nitrogens with two attached hydrogens (primary N) is 1. The van der Waals surface area contributed by atoms with Crippen LogP contribution in [0.4, 0.5) is 0 Å². The minimum atomic E-state index is -4.40. The summed E-state index contributed by atoms with van der Waals surface area (Å²) in [5.41, 5.74) is 5.40. The van der Waals surface area contributed by atoms with Crippen LogP contribution in [0.2, 0.25) is 0 Å². The lowest BCUT2D eigenvalue weighted by Gasteiger charge is -2.19. The van der Waals surface area contributed by atoms with Crippen molar-refractivity contribution in [3.63, 3.8) is 0 Å². The number of carbonyl (C=O) groups is 2. The predicted molar refractivity (Wildman–Crippen MR) is 367 cm³/mol. The highest BCUT2D eigenvalue weighted by atomic mass is 31.2. The maximum Gasteiger partial charge on any atom is 0.472 e. The molecule has 0 aromatic rings. The number of unbranched alkanes of at least 4 members (excludes halogenated alkanes) is 41. The highest BCUT2D eigenvalue weighted by molar-refractivity contribution is 7.47. The number of rotatable bonds is 68. The van der Waals surface area contributed by atoms with Gasteiger partial charge in [0, 0.05) is 19.4 Å². The fraction of sp³-hybridized carbons (Fsp3) is 0.787. The van der Waals surface area contributed by atoms with Crippen LogP contribution in [-0.4, -0.2) is 49.3 Å². The molecule has 0 fully saturated rings. The Morgan fingerprint density at radius 2 is 0.647 bits per heavy atom. The molecule has 0 aromatic carbocycles. The van der Waals surface area contributed by atoms with Gasteiger partial charge in [-0.25, -0.2) is 4.57 Å². The van der Waals surface area contributed by atoms with E-state index in [2.05, 4.69) is 98.9 Å². The second-order valence-electron chi connectivity index (χ2n) is 24.1. The monoisotopic (exact) mass is 1210 g/mol. The molecular weight excluding hydrogens is 1070 g/mol. The zero-order valence-corrected chi connectivity index (χ0v) is 56.5. The van der Waals surface area contributed by atoms with Crippen LogP contribution in [-0.2, 0) is 32.7 Å². The largest absolute Gasteiger partial charge is 0.472 e. The summed E-state index contributed by atoms with van der Waals surface area (Å²) in [4.78, 5) is 35.3. The molecule has 2 atom stereocenters. The number of phosphoric ester groups is 1. The van der Waals surface area contributed by atoms with Gasteiger partial charge in [0.2, 0.25) is 0 Å². The van der Waals surface area contributed by atoms with Gasteiger partial charge >= 0.3 is 19.8 Å². The highest BCUT2D eigenvalue weighted by Gasteiger charge is 2.26. The lowest BCUT2D eigenvalue weighted by molar-refractivity contribution is -0.161. The van der Waals surface area contributed by atoms with Gasteiger partial charge < -0.3 is 20.1 Å². The summed E-state index contributed by atoms with van der Waals surface area (Å²) in [6, 6.07) is 0. The lowest BCUT2D eigenvalue weighted by atomic mass is 10.0. The van der Waals surface area contributed by atoms with Crippen LogP contribution in [0, 0.1) is 0 Å². The molecule has 2 unspecified atom stereocenters. The number of allylic oxidation sites excluding steroid dienone is 14. The maximum absolute atomic E-state index is 12.8. The van der Waals surface area contributed by atoms with Gasteiger partial charge in [-0.1, -0.05) is 330 Å². The van der Waals surface area contributed by atoms with E-state index >= 15 is 0 Å². The molecule has 85 heavy (non-hydrogen) atoms. The maximum atomic E-state index is 12.8. The highest BCUT2D eigenvalue weighted by Crippen LogP contribution is 2.43. The van der Waals surface area contributed by atoms with E-state index in [1.807, 2.05) is 0 Å². The summed E-state index contributed by atoms with van der Waals surface area (Å²) in [7, 11) is -4.40. The van der Waals surface area contributed by atoms with Gasteiger partial charge in [0.25, 0.3) is 0 Å². The van der Waals surface area contributed by atoms with E-state index in [-0.39, 0.29) is 38.6 Å². The van der Waals surface area contributed by atoms with Crippen LogP contribution in [0.25, 0.3) is 0 Å². The topological polar surface area (TPSA) is 134 Å². The van der Waals surface area contributed by atoms with E-state index < -0.39 is 26.5 Å². The summed E-state index contributed by atoms with van der Waals surface area (Å²) in [6.45, 7) is 3.66. The minimum absolute atomic E-state index is 0.0517. The van der Waals surface area contributed by atoms with E-state index in [0.717, 1.165) is 83.5 Å². The van der Waals surface area contributed by atoms with Crippen molar-refractivity contribution in [2.24, 2.45) is 5.73 Å². The Hall–Kier alpha value is -2.81. The van der Waals surface area contributed by atoms with Crippen molar-refractivity contribution in [2.75, 3.05) is 26.4 Å². The molecule has 494 valence electrons. The molecule has 0 amide bonds. The average Bonchev–Trinajstić information content (AvgIpc) is 3.52. The number of carbonyl (C=O) groups excluding carboxylic acids is 2. The summed E-state index contributed by atoms with van der Waals surface area (Å²) in [5.74, 6) is -0.822. The third kappa shape index (κ3) is 70.2. The van der Waals surface area contributed by atoms with Crippen LogP contribution in [0.5, 0.6) is 0 Å². The minimum Gasteiger partial charge on any atom is -0.462 e. The van der Waals surface area contributed by atoms with Gasteiger partial charge in [-0.05, 0) is 89.9 Å². The number of hydrogen-bond acceptors (Lipinski definition) is 8. The number of ether oxygens (including phenoxy) is 2. The molecule has 0 aromatic heterocycles. The van der Waals surface area contributed by atoms with Gasteiger partial charge in [0.15, 0.2) is 6.10 Å². The first-order chi connectivity index (χ1) is 41.8. The Bertz CT molecular complexity index is 1670. The molecule has 0 rings (SSSR count). The molecule has 0 radical (unpaired) electrons. The van der Waals surface area contributed by atoms with Crippen LogP contribution < -0.4 is 5.73 Å². The Balaban J connectivity index is 3.78. The third-order valence-corrected chi connectivity index (χ3v) is 16.7. The van der Waals surface area contributed by atoms with Crippen molar-refractivity contribution in [2.45, 2.75) is 354 Å². The molecule has 0 heterocycles. The van der Waals surface area contributed by atoms with E-state index in [4.69, 9.17) is 24.3 Å². The van der Waals surface area contributed by atoms with Crippen molar-refractivity contribution < 1.29 is 37.6 Å². The summed E-state index contributed by atoms with van der Waals surface area (Å²) < 4.78 is 33.2. The van der Waals surface area contributed by atoms with E-state index in [9.17, 15) is 19.0 Å². The first-order valence-electron chi connectivity index (χ1n) is 36.1. The smallest absolute Gasteiger partial charge is 0.462 e. The molecule has 0 aliphatic heterocycles. The zero-order chi connectivity index (χ0) is 61.6. The van der Waals surface area contributed by atoms with Crippen molar-refractivity contribution in [1.29, 1.82) is 0 Å². The molecule has 0 saturated carbocycles. The van der Waals surface area contributed by atoms with Crippen molar-refractivity contribution in [3.8, 4) is 0 Å². The van der Waals surface area contributed by atoms with E-state index in [1.165, 1.54) is 231 Å². The second-order valence-corrected chi connectivity index (χ2v) is 25.5. The van der Waals surface area contributed by atoms with Gasteiger partial charge in [-0.3, -0.25) is 18.6 Å². The van der Waals surface area contributed by atoms with Crippen molar-refractivity contribution >= 4 is 19.8 Å². The van der Waals surface area contributed by atoms with Crippen molar-refractivity contribution in [1.82, 2.24) is 0 Å². The zero-order valence-electron chi connectivity index (χ0n) is 55.6. The SMILES string of the molecule is CC/C=C\C/C=C\C/C=C\C/C=C\CCCCCCCCCCCCCCCCCCCCCCCCCCCCCCC(=O)OC(COC(=O)CCCCCCCCCC/C=C\C/C=C\C/C=C\CCCCCCC)COP(=O)(O)OCCN. The Kier molecular flexibility index (Phi) is 68.0. The van der Waals surface area contributed by atoms with Crippen LogP contribution in [0.15, 0.2) is 85.1 Å². The number of hydrogen-bond donors (Lipinski definition) is 2. The number of phosphoric acid groups is 1. The third-order valence-electron chi connectivity index (χ3n) is 15.8. The molecule has 0 bridgehead atoms. The predicted octanol–water partition coefficient (Wildman–Crippen LogP) is 23.8. The van der Waals surface area contributed by atoms with Gasteiger partial charge in [-0.15, -0.1) is 0 Å². The summed E-state index contributed by atoms with van der Waals surface area (Å²) in [6.07, 6.45) is 94.1. The van der Waals surface area contributed by atoms with Crippen LogP contribution >= 0.6 is 7.82 Å². The fourth-order valence-corrected chi connectivity index (χ4v) is 11.2. The van der Waals surface area contributed by atoms with Gasteiger partial charge in [0.05, 0.1) is 13.2 Å². The normalized spacial score (nSPS) is 13.4. The molecule has 0 aliphatic carbocycles. The first-order valence-corrected chi connectivity index (χ1v) is 37.6. The molecule has 0 aliphatic rings. The van der Waals surface area contributed by atoms with Crippen LogP contribution in [0.3, 0.4) is 0 Å². The summed E-state index contributed by atoms with van der Waals surface area (Å²) >= 11 is 0. The number of esters is 2. The van der Waals surface area contributed by atoms with Gasteiger partial charge in [0.1, 0.15) is 6.61 Å². The van der Waals surface area contributed by atoms with E-state index in [1.54, 1.807) is 0 Å². The van der Waals surface area contributed by atoms with Crippen molar-refractivity contribution in [3.05, 3.63) is 85.1 Å². The molecule has 3 N–H and O–H groups in total. The van der Waals surface area contributed by atoms with Gasteiger partial charge in [-0.2, -0.15) is 0 Å². The Labute approximate surface area is 525 Å². The lowest BCUT2D eigenvalue weighted by Crippen LogP contribution is -2.29. The second kappa shape index (κ2) is 70.3. The molecular formula is C75H136NO8P. The fourth-order valence-electron chi connectivity index (χ4n) is 10.5. The summed E-state index contributed by atoms with van der Waals surface area (Å²) in [5, 5.41) is 0. The molecule has 0 spiro atoms. The standard InChI is InChI=1S/C75H136NO8P/c1-3-5-7-9-11-13-15-17-19-21-23-25-27-28-29-30-31-32-33-34-35-36-37-38-39-40-41-42-43-44-46-48-50-52-54-56-58-60-62-64-66-68-75(78)84-73(72-83-85(79,80)82-70-69-76)71-81-74(77)67-65-63-61-59-57-55-53-51-49-47-45-26-24-22-20-18-16-14-12-10-8-6-4-2/h5,7,11,13,16-19,22-25,45,47,73H,3-4,6,8-10,12,14-15,20-21,26-44,46,48-72,76H2,1-2H3,(H,79,80)/b7-5-,13-11-,18-16-,19-17-,24-22-,25-23-,47-45-. The Morgan fingerprint density at radius 1 is 0.365 bits per heavy atom. The molecule has 10 heteroatoms. The average molecular weight is 1210 g/mol. The molecule has 9 nitrogen and oxygen atoms in total. The van der Waals surface area contributed by atoms with Crippen LogP contribution in [0.1, 0.15) is 348 Å². The molecule has 0 saturated heterocycles. The van der Waals surface area contributed by atoms with E-state index in [0.29, 0.717) is 6.42 Å².